The number of alkyl halides is 1. The minimum absolute atomic E-state index is 0.110. The Morgan fingerprint density at radius 2 is 1.88 bits per heavy atom. The Hall–Kier alpha value is -2.95. The van der Waals surface area contributed by atoms with E-state index in [-0.39, 0.29) is 17.0 Å². The van der Waals surface area contributed by atoms with E-state index in [1.54, 1.807) is 0 Å². The largest absolute Gasteiger partial charge is 0.510 e. The van der Waals surface area contributed by atoms with Crippen LogP contribution in [-0.2, 0) is 9.59 Å². The summed E-state index contributed by atoms with van der Waals surface area (Å²) < 4.78 is 15.7. The molecule has 0 aliphatic heterocycles. The Bertz CT molecular complexity index is 1160. The highest BCUT2D eigenvalue weighted by Crippen LogP contribution is 2.56. The first kappa shape index (κ1) is 22.3. The van der Waals surface area contributed by atoms with E-state index in [1.807, 2.05) is 0 Å². The van der Waals surface area contributed by atoms with Crippen molar-refractivity contribution in [1.29, 1.82) is 0 Å². The number of halogens is 2. The summed E-state index contributed by atoms with van der Waals surface area (Å²) in [5.74, 6) is -8.83. The fourth-order valence-electron chi connectivity index (χ4n) is 5.21. The maximum absolute atomic E-state index is 15.7. The number of benzene rings is 1. The van der Waals surface area contributed by atoms with Gasteiger partial charge in [-0.2, -0.15) is 0 Å². The normalized spacial score (nSPS) is 32.1. The minimum Gasteiger partial charge on any atom is -0.510 e. The number of allylic oxidation sites excluding steroid dienone is 1. The lowest BCUT2D eigenvalue weighted by molar-refractivity contribution is -0.149. The number of nitrogens with two attached hydrogens (primary N) is 1. The Morgan fingerprint density at radius 3 is 2.44 bits per heavy atom. The minimum atomic E-state index is -2.82. The van der Waals surface area contributed by atoms with Gasteiger partial charge in [-0.05, 0) is 32.6 Å². The van der Waals surface area contributed by atoms with E-state index in [9.17, 15) is 34.8 Å². The maximum atomic E-state index is 15.7. The number of aliphatic hydroxyl groups excluding tert-OH is 2. The molecular weight excluding hydrogens is 447 g/mol. The number of rotatable bonds is 2. The summed E-state index contributed by atoms with van der Waals surface area (Å²) in [6.45, 7) is 0. The molecule has 4 rings (SSSR count). The van der Waals surface area contributed by atoms with Gasteiger partial charge in [0.25, 0.3) is 5.91 Å². The van der Waals surface area contributed by atoms with E-state index in [2.05, 4.69) is 0 Å². The number of phenolic OH excluding ortho intramolecular Hbond substituents is 1. The summed E-state index contributed by atoms with van der Waals surface area (Å²) >= 11 is 6.09. The zero-order chi connectivity index (χ0) is 23.9. The summed E-state index contributed by atoms with van der Waals surface area (Å²) in [4.78, 5) is 39.6. The van der Waals surface area contributed by atoms with Crippen molar-refractivity contribution in [2.45, 2.75) is 24.2 Å². The molecule has 3 aliphatic rings. The number of hydrogen-bond acceptors (Lipinski definition) is 8. The Morgan fingerprint density at radius 1 is 1.25 bits per heavy atom. The van der Waals surface area contributed by atoms with Crippen molar-refractivity contribution in [2.75, 3.05) is 14.1 Å². The molecule has 0 saturated carbocycles. The smallest absolute Gasteiger partial charge is 0.255 e. The monoisotopic (exact) mass is 466 g/mol. The van der Waals surface area contributed by atoms with Crippen molar-refractivity contribution in [2.24, 2.45) is 17.6 Å². The quantitative estimate of drug-likeness (QED) is 0.407. The first-order valence-corrected chi connectivity index (χ1v) is 10.0. The van der Waals surface area contributed by atoms with Crippen molar-refractivity contribution in [3.05, 3.63) is 50.9 Å². The van der Waals surface area contributed by atoms with Crippen LogP contribution in [0.25, 0.3) is 0 Å². The number of aliphatic hydroxyl groups is 3. The van der Waals surface area contributed by atoms with Gasteiger partial charge in [-0.3, -0.25) is 19.3 Å². The summed E-state index contributed by atoms with van der Waals surface area (Å²) in [5, 5.41) is 43.1. The van der Waals surface area contributed by atoms with Crippen molar-refractivity contribution < 1.29 is 39.2 Å². The van der Waals surface area contributed by atoms with Crippen molar-refractivity contribution in [1.82, 2.24) is 4.90 Å². The van der Waals surface area contributed by atoms with E-state index in [4.69, 9.17) is 17.3 Å². The number of phenols is 1. The van der Waals surface area contributed by atoms with E-state index in [1.165, 1.54) is 25.1 Å². The molecule has 0 spiro atoms. The first-order chi connectivity index (χ1) is 14.8. The van der Waals surface area contributed by atoms with Gasteiger partial charge in [0, 0.05) is 28.0 Å². The average Bonchev–Trinajstić information content (AvgIpc) is 2.69. The predicted octanol–water partition coefficient (Wildman–Crippen LogP) is 1.24. The highest BCUT2D eigenvalue weighted by Gasteiger charge is 2.64. The summed E-state index contributed by atoms with van der Waals surface area (Å²) in [6.07, 6.45) is -2.33. The fourth-order valence-corrected chi connectivity index (χ4v) is 5.47. The molecule has 1 amide bonds. The Kier molecular flexibility index (Phi) is 4.89. The molecule has 1 aromatic rings. The molecule has 32 heavy (non-hydrogen) atoms. The molecule has 11 heteroatoms. The van der Waals surface area contributed by atoms with Gasteiger partial charge in [0.15, 0.2) is 11.4 Å². The van der Waals surface area contributed by atoms with E-state index in [0.717, 1.165) is 6.07 Å². The van der Waals surface area contributed by atoms with E-state index in [0.29, 0.717) is 0 Å². The molecule has 0 aromatic heterocycles. The van der Waals surface area contributed by atoms with Crippen molar-refractivity contribution in [3.63, 3.8) is 0 Å². The van der Waals surface area contributed by atoms with Gasteiger partial charge in [-0.1, -0.05) is 11.6 Å². The van der Waals surface area contributed by atoms with Gasteiger partial charge >= 0.3 is 0 Å². The van der Waals surface area contributed by atoms with Crippen LogP contribution in [0.15, 0.2) is 34.8 Å². The second kappa shape index (κ2) is 7.03. The van der Waals surface area contributed by atoms with Crippen LogP contribution < -0.4 is 5.73 Å². The summed E-state index contributed by atoms with van der Waals surface area (Å²) in [7, 11) is 2.96. The van der Waals surface area contributed by atoms with Crippen LogP contribution in [0, 0.1) is 11.8 Å². The van der Waals surface area contributed by atoms with Crippen LogP contribution in [0.3, 0.4) is 0 Å². The third kappa shape index (κ3) is 2.60. The van der Waals surface area contributed by atoms with Crippen molar-refractivity contribution in [3.8, 4) is 5.75 Å². The molecular formula is C21H20ClFN2O7. The zero-order valence-corrected chi connectivity index (χ0v) is 17.7. The number of hydrogen-bond donors (Lipinski definition) is 5. The van der Waals surface area contributed by atoms with Crippen LogP contribution in [-0.4, -0.2) is 68.5 Å². The lowest BCUT2D eigenvalue weighted by Crippen LogP contribution is -2.64. The van der Waals surface area contributed by atoms with Gasteiger partial charge in [-0.25, -0.2) is 4.39 Å². The van der Waals surface area contributed by atoms with Crippen LogP contribution in [0.5, 0.6) is 5.75 Å². The molecule has 0 heterocycles. The number of ketones is 2. The highest BCUT2D eigenvalue weighted by atomic mass is 35.5. The number of primary amides is 1. The first-order valence-electron chi connectivity index (χ1n) is 9.65. The van der Waals surface area contributed by atoms with Crippen LogP contribution >= 0.6 is 11.6 Å². The van der Waals surface area contributed by atoms with Crippen LogP contribution in [0.1, 0.15) is 28.5 Å². The Balaban J connectivity index is 2.02. The molecule has 1 aromatic carbocycles. The SMILES string of the molecule is CN(C)[C@@H]1C(O)=C(C(N)=O)C(=O)[C@@]2(O)C(O)=C3C(=O)c4c(O)ccc(Cl)c4[C@@H](F)[C@H]3C[C@@H]12. The van der Waals surface area contributed by atoms with Crippen LogP contribution in [0.2, 0.25) is 5.02 Å². The second-order valence-corrected chi connectivity index (χ2v) is 8.83. The van der Waals surface area contributed by atoms with Gasteiger partial charge in [0.05, 0.1) is 11.6 Å². The number of nitrogens with zero attached hydrogens (tertiary/aromatic N) is 1. The number of carbonyl (C=O) groups excluding carboxylic acids is 3. The molecule has 3 aliphatic carbocycles. The standard InChI is InChI=1S/C21H20ClFN2O7/c1-25(2)15-7-5-6-10(16(27)12-9(26)4-3-8(22)11(12)14(6)23)18(29)21(7,32)19(30)13(17(15)28)20(24)31/h3-4,6-7,14-15,26,28-29,32H,5H2,1-2H3,(H2,24,31)/t6-,7-,14-,15-,21-/m0/s1. The molecule has 170 valence electrons. The number of amides is 1. The molecule has 0 saturated heterocycles. The highest BCUT2D eigenvalue weighted by molar-refractivity contribution is 6.33. The molecule has 9 nitrogen and oxygen atoms in total. The molecule has 6 N–H and O–H groups in total. The van der Waals surface area contributed by atoms with Crippen molar-refractivity contribution >= 4 is 29.1 Å². The summed E-state index contributed by atoms with van der Waals surface area (Å²) in [5.41, 5.74) is 0.160. The van der Waals surface area contributed by atoms with Gasteiger partial charge in [0.2, 0.25) is 5.78 Å². The van der Waals surface area contributed by atoms with Crippen LogP contribution in [0.4, 0.5) is 4.39 Å². The second-order valence-electron chi connectivity index (χ2n) is 8.43. The third-order valence-electron chi connectivity index (χ3n) is 6.60. The molecule has 0 fully saturated rings. The van der Waals surface area contributed by atoms with Gasteiger partial charge < -0.3 is 26.2 Å². The molecule has 0 radical (unpaired) electrons. The third-order valence-corrected chi connectivity index (χ3v) is 6.93. The number of carbonyl (C=O) groups is 3. The number of Topliss-reactive ketones (excluding diaryl/α,β-unsaturated/α-hetero) is 2. The topological polar surface area (TPSA) is 161 Å². The van der Waals surface area contributed by atoms with E-state index < -0.39 is 81.1 Å². The zero-order valence-electron chi connectivity index (χ0n) is 17.0. The summed E-state index contributed by atoms with van der Waals surface area (Å²) in [6, 6.07) is 1.11. The van der Waals surface area contributed by atoms with E-state index >= 15 is 4.39 Å². The molecule has 0 bridgehead atoms. The van der Waals surface area contributed by atoms with Gasteiger partial charge in [-0.15, -0.1) is 0 Å². The lowest BCUT2D eigenvalue weighted by Gasteiger charge is -2.50. The lowest BCUT2D eigenvalue weighted by atomic mass is 9.58. The maximum Gasteiger partial charge on any atom is 0.255 e. The fraction of sp³-hybridized carbons (Fsp3) is 0.381. The Labute approximate surface area is 186 Å². The predicted molar refractivity (Wildman–Crippen MR) is 109 cm³/mol. The molecule has 0 unspecified atom stereocenters. The number of fused-ring (bicyclic) bond motifs is 3. The number of likely N-dealkylation sites (N-methyl/N-ethyl adjacent to an activating group) is 1. The average molecular weight is 467 g/mol. The molecule has 5 atom stereocenters. The number of aromatic hydroxyl groups is 1. The van der Waals surface area contributed by atoms with Gasteiger partial charge in [0.1, 0.15) is 29.0 Å².